The molecular weight excluding hydrogens is 244 g/mol. The van der Waals surface area contributed by atoms with E-state index >= 15 is 0 Å². The van der Waals surface area contributed by atoms with Crippen molar-refractivity contribution in [3.05, 3.63) is 5.82 Å². The van der Waals surface area contributed by atoms with Crippen molar-refractivity contribution in [2.45, 2.75) is 45.6 Å². The van der Waals surface area contributed by atoms with E-state index in [0.29, 0.717) is 5.82 Å². The molecule has 0 saturated carbocycles. The topological polar surface area (TPSA) is 95.6 Å². The second kappa shape index (κ2) is 6.10. The summed E-state index contributed by atoms with van der Waals surface area (Å²) in [5, 5.41) is 20.1. The summed E-state index contributed by atoms with van der Waals surface area (Å²) in [5.74, 6) is 0.614. The van der Waals surface area contributed by atoms with Gasteiger partial charge in [0.1, 0.15) is 0 Å². The fourth-order valence-electron chi connectivity index (χ4n) is 2.73. The molecule has 1 saturated heterocycles. The Hall–Kier alpha value is -1.50. The van der Waals surface area contributed by atoms with E-state index in [0.717, 1.165) is 38.8 Å². The molecule has 0 bridgehead atoms. The Morgan fingerprint density at radius 2 is 2.42 bits per heavy atom. The molecule has 3 N–H and O–H groups in total. The van der Waals surface area contributed by atoms with Crippen LogP contribution in [-0.4, -0.2) is 39.6 Å². The SMILES string of the molecule is CCCC1(C(=O)NC(C)c2nn[nH]n2)CCCNC1. The molecule has 7 nitrogen and oxygen atoms in total. The Balaban J connectivity index is 2.03. The minimum absolute atomic E-state index is 0.0962. The second-order valence-electron chi connectivity index (χ2n) is 5.28. The fourth-order valence-corrected chi connectivity index (χ4v) is 2.73. The maximum absolute atomic E-state index is 12.6. The van der Waals surface area contributed by atoms with Crippen LogP contribution in [0.25, 0.3) is 0 Å². The van der Waals surface area contributed by atoms with Gasteiger partial charge < -0.3 is 10.6 Å². The highest BCUT2D eigenvalue weighted by atomic mass is 16.2. The average Bonchev–Trinajstić information content (AvgIpc) is 2.94. The molecule has 0 spiro atoms. The van der Waals surface area contributed by atoms with Gasteiger partial charge in [0.2, 0.25) is 5.91 Å². The van der Waals surface area contributed by atoms with Crippen molar-refractivity contribution in [3.63, 3.8) is 0 Å². The normalized spacial score (nSPS) is 24.9. The number of carbonyl (C=O) groups excluding carboxylic acids is 1. The molecule has 1 aliphatic heterocycles. The van der Waals surface area contributed by atoms with E-state index in [2.05, 4.69) is 38.2 Å². The Kier molecular flexibility index (Phi) is 4.47. The van der Waals surface area contributed by atoms with Gasteiger partial charge in [0.05, 0.1) is 11.5 Å². The number of hydrogen-bond donors (Lipinski definition) is 3. The Labute approximate surface area is 112 Å². The predicted molar refractivity (Wildman–Crippen MR) is 70.2 cm³/mol. The second-order valence-corrected chi connectivity index (χ2v) is 5.28. The maximum atomic E-state index is 12.6. The third-order valence-corrected chi connectivity index (χ3v) is 3.78. The summed E-state index contributed by atoms with van der Waals surface area (Å²) in [6, 6.07) is -0.220. The van der Waals surface area contributed by atoms with Gasteiger partial charge >= 0.3 is 0 Å². The first-order chi connectivity index (χ1) is 9.18. The van der Waals surface area contributed by atoms with Gasteiger partial charge in [0, 0.05) is 6.54 Å². The Morgan fingerprint density at radius 1 is 1.58 bits per heavy atom. The van der Waals surface area contributed by atoms with E-state index in [1.807, 2.05) is 6.92 Å². The molecule has 2 rings (SSSR count). The van der Waals surface area contributed by atoms with Gasteiger partial charge in [0.25, 0.3) is 0 Å². The molecular formula is C12H22N6O. The molecule has 2 heterocycles. The van der Waals surface area contributed by atoms with Crippen molar-refractivity contribution in [3.8, 4) is 0 Å². The lowest BCUT2D eigenvalue weighted by Gasteiger charge is -2.36. The highest BCUT2D eigenvalue weighted by Crippen LogP contribution is 2.32. The third kappa shape index (κ3) is 3.09. The van der Waals surface area contributed by atoms with Crippen LogP contribution in [0.2, 0.25) is 0 Å². The van der Waals surface area contributed by atoms with Gasteiger partial charge in [-0.05, 0) is 32.7 Å². The number of aromatic amines is 1. The van der Waals surface area contributed by atoms with E-state index in [4.69, 9.17) is 0 Å². The molecule has 0 radical (unpaired) electrons. The van der Waals surface area contributed by atoms with Gasteiger partial charge in [-0.3, -0.25) is 4.79 Å². The largest absolute Gasteiger partial charge is 0.346 e. The lowest BCUT2D eigenvalue weighted by Crippen LogP contribution is -2.51. The van der Waals surface area contributed by atoms with Crippen LogP contribution >= 0.6 is 0 Å². The van der Waals surface area contributed by atoms with E-state index < -0.39 is 0 Å². The van der Waals surface area contributed by atoms with Crippen molar-refractivity contribution in [2.24, 2.45) is 5.41 Å². The van der Waals surface area contributed by atoms with Crippen LogP contribution < -0.4 is 10.6 Å². The third-order valence-electron chi connectivity index (χ3n) is 3.78. The van der Waals surface area contributed by atoms with Gasteiger partial charge in [-0.25, -0.2) is 0 Å². The number of rotatable bonds is 5. The number of amides is 1. The number of hydrogen-bond acceptors (Lipinski definition) is 5. The molecule has 0 aromatic carbocycles. The van der Waals surface area contributed by atoms with E-state index in [1.54, 1.807) is 0 Å². The van der Waals surface area contributed by atoms with Crippen LogP contribution in [0.15, 0.2) is 0 Å². The first-order valence-electron chi connectivity index (χ1n) is 6.93. The number of piperidine rings is 1. The molecule has 19 heavy (non-hydrogen) atoms. The molecule has 2 unspecified atom stereocenters. The molecule has 1 aromatic rings. The zero-order valence-electron chi connectivity index (χ0n) is 11.6. The molecule has 2 atom stereocenters. The van der Waals surface area contributed by atoms with E-state index in [9.17, 15) is 4.79 Å². The molecule has 1 fully saturated rings. The van der Waals surface area contributed by atoms with Crippen LogP contribution in [-0.2, 0) is 4.79 Å². The van der Waals surface area contributed by atoms with Gasteiger partial charge in [-0.1, -0.05) is 18.6 Å². The molecule has 1 amide bonds. The average molecular weight is 266 g/mol. The number of carbonyl (C=O) groups is 1. The number of H-pyrrole nitrogens is 1. The molecule has 1 aromatic heterocycles. The Bertz CT molecular complexity index is 393. The van der Waals surface area contributed by atoms with Crippen LogP contribution in [0.1, 0.15) is 51.4 Å². The first-order valence-corrected chi connectivity index (χ1v) is 6.93. The first kappa shape index (κ1) is 13.9. The highest BCUT2D eigenvalue weighted by Gasteiger charge is 2.39. The molecule has 0 aliphatic carbocycles. The molecule has 7 heteroatoms. The lowest BCUT2D eigenvalue weighted by molar-refractivity contribution is -0.133. The number of nitrogens with one attached hydrogen (secondary N) is 3. The van der Waals surface area contributed by atoms with E-state index in [1.165, 1.54) is 0 Å². The van der Waals surface area contributed by atoms with Gasteiger partial charge in [-0.2, -0.15) is 5.21 Å². The van der Waals surface area contributed by atoms with Crippen molar-refractivity contribution < 1.29 is 4.79 Å². The summed E-state index contributed by atoms with van der Waals surface area (Å²) < 4.78 is 0. The van der Waals surface area contributed by atoms with Crippen molar-refractivity contribution in [2.75, 3.05) is 13.1 Å². The van der Waals surface area contributed by atoms with Gasteiger partial charge in [-0.15, -0.1) is 10.2 Å². The van der Waals surface area contributed by atoms with Gasteiger partial charge in [0.15, 0.2) is 5.82 Å². The summed E-state index contributed by atoms with van der Waals surface area (Å²) in [4.78, 5) is 12.6. The minimum Gasteiger partial charge on any atom is -0.346 e. The summed E-state index contributed by atoms with van der Waals surface area (Å²) in [6.45, 7) is 5.75. The molecule has 1 aliphatic rings. The summed E-state index contributed by atoms with van der Waals surface area (Å²) in [6.07, 6.45) is 3.90. The smallest absolute Gasteiger partial charge is 0.228 e. The summed E-state index contributed by atoms with van der Waals surface area (Å²) in [5.41, 5.74) is -0.287. The predicted octanol–water partition coefficient (Wildman–Crippen LogP) is 0.547. The van der Waals surface area contributed by atoms with Crippen LogP contribution in [0.4, 0.5) is 0 Å². The zero-order valence-corrected chi connectivity index (χ0v) is 11.6. The van der Waals surface area contributed by atoms with Crippen LogP contribution in [0.5, 0.6) is 0 Å². The van der Waals surface area contributed by atoms with Crippen molar-refractivity contribution in [1.29, 1.82) is 0 Å². The van der Waals surface area contributed by atoms with E-state index in [-0.39, 0.29) is 17.4 Å². The number of nitrogens with zero attached hydrogens (tertiary/aromatic N) is 3. The number of aromatic nitrogens is 4. The van der Waals surface area contributed by atoms with Crippen LogP contribution in [0.3, 0.4) is 0 Å². The minimum atomic E-state index is -0.287. The summed E-state index contributed by atoms with van der Waals surface area (Å²) >= 11 is 0. The monoisotopic (exact) mass is 266 g/mol. The highest BCUT2D eigenvalue weighted by molar-refractivity contribution is 5.83. The van der Waals surface area contributed by atoms with Crippen molar-refractivity contribution in [1.82, 2.24) is 31.3 Å². The zero-order chi connectivity index (χ0) is 13.7. The quantitative estimate of drug-likeness (QED) is 0.723. The van der Waals surface area contributed by atoms with Crippen molar-refractivity contribution >= 4 is 5.91 Å². The summed E-state index contributed by atoms with van der Waals surface area (Å²) in [7, 11) is 0. The Morgan fingerprint density at radius 3 is 3.00 bits per heavy atom. The lowest BCUT2D eigenvalue weighted by atomic mass is 9.76. The maximum Gasteiger partial charge on any atom is 0.228 e. The molecule has 106 valence electrons. The fraction of sp³-hybridized carbons (Fsp3) is 0.833. The number of tetrazole rings is 1. The van der Waals surface area contributed by atoms with Crippen LogP contribution in [0, 0.1) is 5.41 Å². The standard InChI is InChI=1S/C12H22N6O/c1-3-5-12(6-4-7-13-8-12)11(19)14-9(2)10-15-17-18-16-10/h9,13H,3-8H2,1-2H3,(H,14,19)(H,15,16,17,18).